The Kier molecular flexibility index (Phi) is 4.78. The summed E-state index contributed by atoms with van der Waals surface area (Å²) in [6.07, 6.45) is 1.46. The number of esters is 1. The zero-order valence-corrected chi connectivity index (χ0v) is 11.6. The molecule has 1 rings (SSSR count). The number of rotatable bonds is 3. The molecule has 0 spiro atoms. The van der Waals surface area contributed by atoms with Gasteiger partial charge in [0.2, 0.25) is 0 Å². The lowest BCUT2D eigenvalue weighted by atomic mass is 10.1. The number of alkyl halides is 2. The molecule has 0 aliphatic carbocycles. The lowest BCUT2D eigenvalue weighted by Crippen LogP contribution is -2.24. The quantitative estimate of drug-likeness (QED) is 0.626. The maximum Gasteiger partial charge on any atom is 0.340 e. The Morgan fingerprint density at radius 1 is 1.35 bits per heavy atom. The molecule has 0 atom stereocenters. The number of nitrogens with zero attached hydrogens (tertiary/aromatic N) is 1. The van der Waals surface area contributed by atoms with Crippen LogP contribution in [0.25, 0.3) is 0 Å². The van der Waals surface area contributed by atoms with Gasteiger partial charge in [0.15, 0.2) is 0 Å². The van der Waals surface area contributed by atoms with Gasteiger partial charge in [-0.1, -0.05) is 0 Å². The summed E-state index contributed by atoms with van der Waals surface area (Å²) in [4.78, 5) is 15.9. The zero-order chi connectivity index (χ0) is 13.1. The van der Waals surface area contributed by atoms with Crippen molar-refractivity contribution in [2.24, 2.45) is 0 Å². The first-order chi connectivity index (χ1) is 7.87. The highest BCUT2D eigenvalue weighted by Crippen LogP contribution is 2.17. The Labute approximate surface area is 111 Å². The summed E-state index contributed by atoms with van der Waals surface area (Å²) < 4.78 is 5.24. The maximum atomic E-state index is 11.8. The van der Waals surface area contributed by atoms with Crippen LogP contribution < -0.4 is 0 Å². The molecule has 0 N–H and O–H groups in total. The third kappa shape index (κ3) is 4.17. The van der Waals surface area contributed by atoms with Crippen molar-refractivity contribution in [3.05, 3.63) is 29.1 Å². The highest BCUT2D eigenvalue weighted by molar-refractivity contribution is 6.18. The first-order valence-corrected chi connectivity index (χ1v) is 6.27. The smallest absolute Gasteiger partial charge is 0.340 e. The molecule has 0 saturated carbocycles. The molecule has 1 aromatic rings. The largest absolute Gasteiger partial charge is 0.456 e. The number of hydrogen-bond acceptors (Lipinski definition) is 3. The van der Waals surface area contributed by atoms with E-state index >= 15 is 0 Å². The minimum atomic E-state index is -0.524. The van der Waals surface area contributed by atoms with E-state index in [1.807, 2.05) is 20.8 Å². The summed E-state index contributed by atoms with van der Waals surface area (Å²) in [5.41, 5.74) is 1.31. The highest BCUT2D eigenvalue weighted by Gasteiger charge is 2.19. The minimum Gasteiger partial charge on any atom is -0.456 e. The molecule has 0 saturated heterocycles. The molecule has 0 fully saturated rings. The number of halogens is 2. The fraction of sp³-hybridized carbons (Fsp3) is 0.500. The van der Waals surface area contributed by atoms with Crippen molar-refractivity contribution in [1.29, 1.82) is 0 Å². The fourth-order valence-corrected chi connectivity index (χ4v) is 1.70. The van der Waals surface area contributed by atoms with Crippen LogP contribution in [0.15, 0.2) is 12.3 Å². The average Bonchev–Trinajstić information content (AvgIpc) is 2.25. The minimum absolute atomic E-state index is 0.270. The van der Waals surface area contributed by atoms with E-state index in [4.69, 9.17) is 27.9 Å². The Bertz CT molecular complexity index is 413. The van der Waals surface area contributed by atoms with Crippen molar-refractivity contribution in [1.82, 2.24) is 4.98 Å². The lowest BCUT2D eigenvalue weighted by molar-refractivity contribution is 0.00690. The molecule has 0 unspecified atom stereocenters. The summed E-state index contributed by atoms with van der Waals surface area (Å²) in [5.74, 6) is 0.139. The van der Waals surface area contributed by atoms with Crippen molar-refractivity contribution < 1.29 is 9.53 Å². The van der Waals surface area contributed by atoms with E-state index in [0.29, 0.717) is 11.3 Å². The van der Waals surface area contributed by atoms with Crippen LogP contribution in [-0.2, 0) is 16.5 Å². The molecule has 5 heteroatoms. The van der Waals surface area contributed by atoms with Gasteiger partial charge < -0.3 is 4.74 Å². The summed E-state index contributed by atoms with van der Waals surface area (Å²) in [7, 11) is 0. The molecule has 0 radical (unpaired) electrons. The Morgan fingerprint density at radius 2 is 2.00 bits per heavy atom. The first kappa shape index (κ1) is 14.3. The highest BCUT2D eigenvalue weighted by atomic mass is 35.5. The number of aromatic nitrogens is 1. The molecular weight excluding hydrogens is 261 g/mol. The molecule has 17 heavy (non-hydrogen) atoms. The van der Waals surface area contributed by atoms with Crippen molar-refractivity contribution in [2.75, 3.05) is 0 Å². The van der Waals surface area contributed by atoms with Crippen LogP contribution in [0.2, 0.25) is 0 Å². The van der Waals surface area contributed by atoms with Gasteiger partial charge in [-0.25, -0.2) is 4.79 Å². The molecule has 0 aliphatic heterocycles. The molecule has 0 amide bonds. The number of pyridine rings is 1. The van der Waals surface area contributed by atoms with E-state index in [2.05, 4.69) is 4.98 Å². The number of carbonyl (C=O) groups is 1. The number of ether oxygens (including phenoxy) is 1. The third-order valence-electron chi connectivity index (χ3n) is 1.97. The molecule has 0 aromatic carbocycles. The van der Waals surface area contributed by atoms with Gasteiger partial charge in [-0.2, -0.15) is 0 Å². The van der Waals surface area contributed by atoms with Gasteiger partial charge in [0, 0.05) is 12.1 Å². The second-order valence-electron chi connectivity index (χ2n) is 4.60. The molecule has 0 aliphatic rings. The lowest BCUT2D eigenvalue weighted by Gasteiger charge is -2.19. The van der Waals surface area contributed by atoms with Gasteiger partial charge in [-0.3, -0.25) is 4.98 Å². The molecular formula is C12H15Cl2NO2. The zero-order valence-electron chi connectivity index (χ0n) is 10.1. The predicted octanol–water partition coefficient (Wildman–Crippen LogP) is 3.51. The van der Waals surface area contributed by atoms with E-state index in [1.54, 1.807) is 6.07 Å². The molecule has 0 bridgehead atoms. The van der Waals surface area contributed by atoms with Gasteiger partial charge in [-0.15, -0.1) is 23.2 Å². The van der Waals surface area contributed by atoms with Crippen LogP contribution in [0, 0.1) is 0 Å². The van der Waals surface area contributed by atoms with E-state index in [0.717, 1.165) is 5.56 Å². The summed E-state index contributed by atoms with van der Waals surface area (Å²) >= 11 is 11.5. The van der Waals surface area contributed by atoms with Crippen molar-refractivity contribution in [3.8, 4) is 0 Å². The van der Waals surface area contributed by atoms with E-state index < -0.39 is 11.6 Å². The molecule has 94 valence electrons. The summed E-state index contributed by atoms with van der Waals surface area (Å²) in [5, 5.41) is 0. The van der Waals surface area contributed by atoms with Gasteiger partial charge in [0.05, 0.1) is 17.1 Å². The second-order valence-corrected chi connectivity index (χ2v) is 5.13. The van der Waals surface area contributed by atoms with Crippen LogP contribution in [0.3, 0.4) is 0 Å². The number of carbonyl (C=O) groups excluding carboxylic acids is 1. The van der Waals surface area contributed by atoms with Crippen molar-refractivity contribution in [2.45, 2.75) is 38.1 Å². The van der Waals surface area contributed by atoms with Crippen LogP contribution in [-0.4, -0.2) is 16.6 Å². The van der Waals surface area contributed by atoms with E-state index in [1.165, 1.54) is 6.20 Å². The first-order valence-electron chi connectivity index (χ1n) is 5.20. The van der Waals surface area contributed by atoms with Gasteiger partial charge in [0.25, 0.3) is 0 Å². The average molecular weight is 276 g/mol. The topological polar surface area (TPSA) is 39.2 Å². The van der Waals surface area contributed by atoms with E-state index in [-0.39, 0.29) is 11.8 Å². The van der Waals surface area contributed by atoms with Gasteiger partial charge in [-0.05, 0) is 32.4 Å². The standard InChI is InChI=1S/C12H15Cl2NO2/c1-12(2,3)17-11(16)9-4-8(5-13)10(6-14)15-7-9/h4,7H,5-6H2,1-3H3. The SMILES string of the molecule is CC(C)(C)OC(=O)c1cnc(CCl)c(CCl)c1. The summed E-state index contributed by atoms with van der Waals surface area (Å²) in [6.45, 7) is 5.44. The van der Waals surface area contributed by atoms with Gasteiger partial charge >= 0.3 is 5.97 Å². The molecule has 3 nitrogen and oxygen atoms in total. The van der Waals surface area contributed by atoms with Crippen molar-refractivity contribution in [3.63, 3.8) is 0 Å². The summed E-state index contributed by atoms with van der Waals surface area (Å²) in [6, 6.07) is 1.67. The normalized spacial score (nSPS) is 11.4. The second kappa shape index (κ2) is 5.69. The number of hydrogen-bond donors (Lipinski definition) is 0. The fourth-order valence-electron chi connectivity index (χ4n) is 1.22. The Balaban J connectivity index is 2.96. The Morgan fingerprint density at radius 3 is 2.47 bits per heavy atom. The predicted molar refractivity (Wildman–Crippen MR) is 68.5 cm³/mol. The van der Waals surface area contributed by atoms with Crippen molar-refractivity contribution >= 4 is 29.2 Å². The third-order valence-corrected chi connectivity index (χ3v) is 2.51. The van der Waals surface area contributed by atoms with Gasteiger partial charge in [0.1, 0.15) is 5.60 Å². The van der Waals surface area contributed by atoms with E-state index in [9.17, 15) is 4.79 Å². The molecule has 1 heterocycles. The monoisotopic (exact) mass is 275 g/mol. The van der Waals surface area contributed by atoms with Crippen LogP contribution in [0.5, 0.6) is 0 Å². The molecule has 1 aromatic heterocycles. The van der Waals surface area contributed by atoms with Crippen LogP contribution in [0.4, 0.5) is 0 Å². The van der Waals surface area contributed by atoms with Crippen LogP contribution in [0.1, 0.15) is 42.4 Å². The Hall–Kier alpha value is -0.800. The van der Waals surface area contributed by atoms with Crippen LogP contribution >= 0.6 is 23.2 Å². The maximum absolute atomic E-state index is 11.8.